The van der Waals surface area contributed by atoms with E-state index >= 15 is 0 Å². The van der Waals surface area contributed by atoms with Crippen molar-refractivity contribution in [3.05, 3.63) is 24.0 Å². The Kier molecular flexibility index (Phi) is 5.27. The summed E-state index contributed by atoms with van der Waals surface area (Å²) in [6, 6.07) is 5.31. The zero-order chi connectivity index (χ0) is 17.9. The molecule has 0 amide bonds. The number of ether oxygens (including phenoxy) is 1. The summed E-state index contributed by atoms with van der Waals surface area (Å²) in [5.41, 5.74) is 2.19. The molecule has 1 heterocycles. The van der Waals surface area contributed by atoms with E-state index in [2.05, 4.69) is 14.7 Å². The highest BCUT2D eigenvalue weighted by atomic mass is 32.2. The molecule has 1 aliphatic carbocycles. The summed E-state index contributed by atoms with van der Waals surface area (Å²) in [5.74, 6) is 1.46. The van der Waals surface area contributed by atoms with Crippen molar-refractivity contribution in [3.63, 3.8) is 0 Å². The first-order chi connectivity index (χ1) is 12.0. The number of sulfonamides is 1. The van der Waals surface area contributed by atoms with Gasteiger partial charge in [0.25, 0.3) is 6.47 Å². The van der Waals surface area contributed by atoms with Gasteiger partial charge >= 0.3 is 0 Å². The Labute approximate surface area is 147 Å². The Morgan fingerprint density at radius 3 is 2.76 bits per heavy atom. The number of hydrogen-bond donors (Lipinski definition) is 2. The van der Waals surface area contributed by atoms with Crippen molar-refractivity contribution >= 4 is 33.2 Å². The van der Waals surface area contributed by atoms with Crippen LogP contribution >= 0.6 is 0 Å². The number of benzene rings is 1. The van der Waals surface area contributed by atoms with Crippen LogP contribution in [0, 0.1) is 5.92 Å². The van der Waals surface area contributed by atoms with Crippen LogP contribution in [0.25, 0.3) is 11.0 Å². The van der Waals surface area contributed by atoms with Gasteiger partial charge in [0.05, 0.1) is 22.5 Å². The highest BCUT2D eigenvalue weighted by Crippen LogP contribution is 2.29. The fourth-order valence-electron chi connectivity index (χ4n) is 3.30. The topological polar surface area (TPSA) is 101 Å². The summed E-state index contributed by atoms with van der Waals surface area (Å²) in [6.07, 6.45) is 4.71. The smallest absolute Gasteiger partial charge is 0.293 e. The molecule has 2 aromatic rings. The Balaban J connectivity index is 1.66. The minimum absolute atomic E-state index is 0.0375. The van der Waals surface area contributed by atoms with E-state index in [-0.39, 0.29) is 11.9 Å². The molecule has 1 aliphatic rings. The van der Waals surface area contributed by atoms with Gasteiger partial charge in [0, 0.05) is 6.42 Å². The zero-order valence-electron chi connectivity index (χ0n) is 14.2. The maximum atomic E-state index is 11.7. The largest absolute Gasteiger partial charge is 0.465 e. The van der Waals surface area contributed by atoms with Crippen molar-refractivity contribution in [1.82, 2.24) is 9.97 Å². The maximum Gasteiger partial charge on any atom is 0.293 e. The Hall–Kier alpha value is -2.09. The number of hydrogen-bond acceptors (Lipinski definition) is 5. The van der Waals surface area contributed by atoms with Gasteiger partial charge in [0.1, 0.15) is 11.9 Å². The number of imidazole rings is 1. The number of carbonyl (C=O) groups excluding carboxylic acids is 1. The predicted octanol–water partition coefficient (Wildman–Crippen LogP) is 2.60. The number of carbonyl (C=O) groups is 1. The van der Waals surface area contributed by atoms with Crippen molar-refractivity contribution in [2.24, 2.45) is 5.92 Å². The zero-order valence-corrected chi connectivity index (χ0v) is 15.0. The molecule has 1 aromatic heterocycles. The molecule has 0 radical (unpaired) electrons. The molecule has 1 aromatic carbocycles. The number of anilines is 1. The standard InChI is InChI=1S/C17H23N3O4S/c1-2-25(22,23)20-13-5-8-15-16(10-13)19-17(18-15)9-12-3-6-14(7-4-12)24-11-21/h5,8,10-12,14,20H,2-4,6-7,9H2,1H3,(H,18,19). The van der Waals surface area contributed by atoms with Gasteiger partial charge in [-0.05, 0) is 56.7 Å². The summed E-state index contributed by atoms with van der Waals surface area (Å²) in [6.45, 7) is 2.14. The summed E-state index contributed by atoms with van der Waals surface area (Å²) in [5, 5.41) is 0. The van der Waals surface area contributed by atoms with Gasteiger partial charge in [0.15, 0.2) is 0 Å². The van der Waals surface area contributed by atoms with Gasteiger partial charge < -0.3 is 9.72 Å². The van der Waals surface area contributed by atoms with Gasteiger partial charge in [-0.25, -0.2) is 13.4 Å². The fourth-order valence-corrected chi connectivity index (χ4v) is 3.93. The van der Waals surface area contributed by atoms with Crippen LogP contribution in [0.15, 0.2) is 18.2 Å². The van der Waals surface area contributed by atoms with E-state index in [0.717, 1.165) is 49.0 Å². The second-order valence-corrected chi connectivity index (χ2v) is 8.51. The number of nitrogens with zero attached hydrogens (tertiary/aromatic N) is 1. The SMILES string of the molecule is CCS(=O)(=O)Nc1ccc2nc(CC3CCC(OC=O)CC3)[nH]c2c1. The molecule has 3 rings (SSSR count). The van der Waals surface area contributed by atoms with E-state index in [1.165, 1.54) is 0 Å². The molecular weight excluding hydrogens is 342 g/mol. The quantitative estimate of drug-likeness (QED) is 0.735. The molecule has 8 heteroatoms. The lowest BCUT2D eigenvalue weighted by Gasteiger charge is -2.26. The lowest BCUT2D eigenvalue weighted by atomic mass is 9.85. The fraction of sp³-hybridized carbons (Fsp3) is 0.529. The van der Waals surface area contributed by atoms with Crippen LogP contribution in [0.1, 0.15) is 38.4 Å². The van der Waals surface area contributed by atoms with Gasteiger partial charge in [0.2, 0.25) is 10.0 Å². The number of rotatable bonds is 7. The Bertz CT molecular complexity index is 839. The van der Waals surface area contributed by atoms with E-state index in [1.54, 1.807) is 19.1 Å². The van der Waals surface area contributed by atoms with Gasteiger partial charge in [-0.15, -0.1) is 0 Å². The highest BCUT2D eigenvalue weighted by molar-refractivity contribution is 7.92. The van der Waals surface area contributed by atoms with Gasteiger partial charge in [-0.2, -0.15) is 0 Å². The highest BCUT2D eigenvalue weighted by Gasteiger charge is 2.23. The Morgan fingerprint density at radius 2 is 2.08 bits per heavy atom. The maximum absolute atomic E-state index is 11.7. The minimum Gasteiger partial charge on any atom is -0.465 e. The number of aromatic nitrogens is 2. The monoisotopic (exact) mass is 365 g/mol. The van der Waals surface area contributed by atoms with Crippen LogP contribution in [0.2, 0.25) is 0 Å². The molecule has 7 nitrogen and oxygen atoms in total. The number of nitrogens with one attached hydrogen (secondary N) is 2. The third kappa shape index (κ3) is 4.50. The summed E-state index contributed by atoms with van der Waals surface area (Å²) < 4.78 is 30.9. The van der Waals surface area contributed by atoms with Crippen molar-refractivity contribution < 1.29 is 17.9 Å². The summed E-state index contributed by atoms with van der Waals surface area (Å²) in [7, 11) is -3.29. The predicted molar refractivity (Wildman–Crippen MR) is 95.8 cm³/mol. The second-order valence-electron chi connectivity index (χ2n) is 6.50. The van der Waals surface area contributed by atoms with E-state index in [9.17, 15) is 13.2 Å². The van der Waals surface area contributed by atoms with Crippen LogP contribution in [-0.4, -0.2) is 36.7 Å². The molecule has 0 atom stereocenters. The summed E-state index contributed by atoms with van der Waals surface area (Å²) >= 11 is 0. The van der Waals surface area contributed by atoms with Crippen molar-refractivity contribution in [2.45, 2.75) is 45.1 Å². The van der Waals surface area contributed by atoms with Crippen LogP contribution in [0.3, 0.4) is 0 Å². The van der Waals surface area contributed by atoms with Crippen molar-refractivity contribution in [3.8, 4) is 0 Å². The average Bonchev–Trinajstić information content (AvgIpc) is 2.98. The first-order valence-corrected chi connectivity index (χ1v) is 10.2. The minimum atomic E-state index is -3.29. The molecule has 25 heavy (non-hydrogen) atoms. The molecule has 1 saturated carbocycles. The number of fused-ring (bicyclic) bond motifs is 1. The molecule has 0 unspecified atom stereocenters. The van der Waals surface area contributed by atoms with E-state index in [1.807, 2.05) is 6.07 Å². The molecule has 1 fully saturated rings. The van der Waals surface area contributed by atoms with E-state index in [4.69, 9.17) is 4.74 Å². The normalized spacial score (nSPS) is 21.2. The Morgan fingerprint density at radius 1 is 1.32 bits per heavy atom. The molecule has 0 bridgehead atoms. The van der Waals surface area contributed by atoms with Crippen LogP contribution in [0.4, 0.5) is 5.69 Å². The van der Waals surface area contributed by atoms with Crippen LogP contribution in [0.5, 0.6) is 0 Å². The van der Waals surface area contributed by atoms with E-state index < -0.39 is 10.0 Å². The summed E-state index contributed by atoms with van der Waals surface area (Å²) in [4.78, 5) is 18.3. The van der Waals surface area contributed by atoms with Crippen LogP contribution in [-0.2, 0) is 26.0 Å². The van der Waals surface area contributed by atoms with E-state index in [0.29, 0.717) is 18.1 Å². The third-order valence-electron chi connectivity index (χ3n) is 4.71. The van der Waals surface area contributed by atoms with Gasteiger partial charge in [-0.1, -0.05) is 0 Å². The number of H-pyrrole nitrogens is 1. The molecular formula is C17H23N3O4S. The first kappa shape index (κ1) is 17.7. The number of aromatic amines is 1. The lowest BCUT2D eigenvalue weighted by Crippen LogP contribution is -2.22. The molecule has 2 N–H and O–H groups in total. The third-order valence-corrected chi connectivity index (χ3v) is 6.01. The second kappa shape index (κ2) is 7.43. The molecule has 0 spiro atoms. The van der Waals surface area contributed by atoms with Crippen LogP contribution < -0.4 is 4.72 Å². The lowest BCUT2D eigenvalue weighted by molar-refractivity contribution is -0.135. The van der Waals surface area contributed by atoms with Crippen molar-refractivity contribution in [2.75, 3.05) is 10.5 Å². The first-order valence-electron chi connectivity index (χ1n) is 8.57. The molecule has 136 valence electrons. The van der Waals surface area contributed by atoms with Gasteiger partial charge in [-0.3, -0.25) is 9.52 Å². The molecule has 0 saturated heterocycles. The van der Waals surface area contributed by atoms with Crippen molar-refractivity contribution in [1.29, 1.82) is 0 Å². The molecule has 0 aliphatic heterocycles. The average molecular weight is 365 g/mol.